The molecule has 0 spiro atoms. The number of hydrogen-bond donors (Lipinski definition) is 0. The third-order valence-electron chi connectivity index (χ3n) is 3.48. The maximum absolute atomic E-state index is 12.0. The molecular weight excluding hydrogens is 206 g/mol. The Morgan fingerprint density at radius 2 is 1.94 bits per heavy atom. The summed E-state index contributed by atoms with van der Waals surface area (Å²) in [4.78, 5) is 24.9. The molecule has 1 amide bonds. The number of amides is 1. The summed E-state index contributed by atoms with van der Waals surface area (Å²) in [5.41, 5.74) is -1.06. The second kappa shape index (κ2) is 3.47. The molecule has 2 saturated heterocycles. The van der Waals surface area contributed by atoms with Gasteiger partial charge in [0.2, 0.25) is 0 Å². The highest BCUT2D eigenvalue weighted by Gasteiger charge is 2.55. The van der Waals surface area contributed by atoms with Crippen LogP contribution in [0.5, 0.6) is 0 Å². The number of aldehydes is 1. The van der Waals surface area contributed by atoms with E-state index in [0.29, 0.717) is 0 Å². The van der Waals surface area contributed by atoms with Crippen LogP contribution in [-0.4, -0.2) is 34.5 Å². The van der Waals surface area contributed by atoms with E-state index in [1.165, 1.54) is 0 Å². The summed E-state index contributed by atoms with van der Waals surface area (Å²) in [6, 6.07) is 0.208. The lowest BCUT2D eigenvalue weighted by Gasteiger charge is -2.31. The fraction of sp³-hybridized carbons (Fsp3) is 0.833. The minimum atomic E-state index is -0.562. The molecule has 0 aliphatic carbocycles. The number of fused-ring (bicyclic) bond motifs is 2. The van der Waals surface area contributed by atoms with Gasteiger partial charge in [-0.05, 0) is 46.5 Å². The third-order valence-corrected chi connectivity index (χ3v) is 3.48. The van der Waals surface area contributed by atoms with Gasteiger partial charge in [0.15, 0.2) is 0 Å². The van der Waals surface area contributed by atoms with Gasteiger partial charge in [-0.1, -0.05) is 0 Å². The summed E-state index contributed by atoms with van der Waals surface area (Å²) in [5.74, 6) is 0. The molecule has 0 atom stereocenters. The summed E-state index contributed by atoms with van der Waals surface area (Å²) >= 11 is 0. The number of ether oxygens (including phenoxy) is 1. The van der Waals surface area contributed by atoms with Crippen molar-refractivity contribution in [2.75, 3.05) is 0 Å². The highest BCUT2D eigenvalue weighted by atomic mass is 16.6. The van der Waals surface area contributed by atoms with Crippen LogP contribution in [0.3, 0.4) is 0 Å². The molecule has 0 N–H and O–H groups in total. The van der Waals surface area contributed by atoms with Gasteiger partial charge < -0.3 is 9.53 Å². The van der Waals surface area contributed by atoms with Crippen molar-refractivity contribution in [2.45, 2.75) is 63.6 Å². The minimum absolute atomic E-state index is 0.208. The van der Waals surface area contributed by atoms with Crippen molar-refractivity contribution in [2.24, 2.45) is 0 Å². The van der Waals surface area contributed by atoms with Gasteiger partial charge in [0.05, 0.1) is 0 Å². The second-order valence-corrected chi connectivity index (χ2v) is 5.80. The molecule has 0 aromatic rings. The molecule has 2 bridgehead atoms. The van der Waals surface area contributed by atoms with Gasteiger partial charge in [-0.2, -0.15) is 0 Å². The number of carbonyl (C=O) groups is 2. The quantitative estimate of drug-likeness (QED) is 0.642. The Kier molecular flexibility index (Phi) is 2.48. The van der Waals surface area contributed by atoms with Crippen LogP contribution in [0.4, 0.5) is 4.79 Å². The van der Waals surface area contributed by atoms with Gasteiger partial charge in [0.1, 0.15) is 17.4 Å². The maximum atomic E-state index is 12.0. The van der Waals surface area contributed by atoms with Gasteiger partial charge >= 0.3 is 6.09 Å². The van der Waals surface area contributed by atoms with Crippen LogP contribution in [0.25, 0.3) is 0 Å². The molecule has 16 heavy (non-hydrogen) atoms. The van der Waals surface area contributed by atoms with Crippen molar-refractivity contribution in [3.8, 4) is 0 Å². The molecular formula is C12H19NO3. The van der Waals surface area contributed by atoms with Crippen LogP contribution in [0, 0.1) is 0 Å². The van der Waals surface area contributed by atoms with E-state index in [9.17, 15) is 9.59 Å². The molecule has 4 nitrogen and oxygen atoms in total. The van der Waals surface area contributed by atoms with Gasteiger partial charge in [-0.25, -0.2) is 4.79 Å². The molecule has 0 aromatic heterocycles. The average Bonchev–Trinajstić information content (AvgIpc) is 2.70. The average molecular weight is 225 g/mol. The Hall–Kier alpha value is -1.06. The molecule has 2 fully saturated rings. The van der Waals surface area contributed by atoms with Gasteiger partial charge in [-0.15, -0.1) is 0 Å². The van der Waals surface area contributed by atoms with E-state index >= 15 is 0 Å². The molecule has 2 aliphatic heterocycles. The molecule has 0 unspecified atom stereocenters. The van der Waals surface area contributed by atoms with Crippen molar-refractivity contribution in [1.29, 1.82) is 0 Å². The predicted octanol–water partition coefficient (Wildman–Crippen LogP) is 2.12. The Balaban J connectivity index is 2.15. The van der Waals surface area contributed by atoms with E-state index in [1.807, 2.05) is 20.8 Å². The number of hydrogen-bond acceptors (Lipinski definition) is 3. The van der Waals surface area contributed by atoms with Crippen molar-refractivity contribution in [3.05, 3.63) is 0 Å². The third kappa shape index (κ3) is 1.70. The SMILES string of the molecule is CC(C)(C)OC(=O)N1C2CCC1(C=O)CC2. The highest BCUT2D eigenvalue weighted by Crippen LogP contribution is 2.45. The zero-order chi connectivity index (χ0) is 12.0. The summed E-state index contributed by atoms with van der Waals surface area (Å²) in [6.45, 7) is 5.53. The van der Waals surface area contributed by atoms with Crippen molar-refractivity contribution in [1.82, 2.24) is 4.90 Å². The Morgan fingerprint density at radius 1 is 1.38 bits per heavy atom. The molecule has 0 saturated carbocycles. The van der Waals surface area contributed by atoms with Crippen molar-refractivity contribution >= 4 is 12.4 Å². The molecule has 2 heterocycles. The monoisotopic (exact) mass is 225 g/mol. The van der Waals surface area contributed by atoms with E-state index < -0.39 is 11.1 Å². The standard InChI is InChI=1S/C12H19NO3/c1-11(2,3)16-10(15)13-9-4-6-12(13,8-14)7-5-9/h8-9H,4-7H2,1-3H3. The van der Waals surface area contributed by atoms with Gasteiger partial charge in [0.25, 0.3) is 0 Å². The highest BCUT2D eigenvalue weighted by molar-refractivity contribution is 5.79. The second-order valence-electron chi connectivity index (χ2n) is 5.80. The molecule has 4 heteroatoms. The predicted molar refractivity (Wildman–Crippen MR) is 59.1 cm³/mol. The smallest absolute Gasteiger partial charge is 0.411 e. The summed E-state index contributed by atoms with van der Waals surface area (Å²) in [5, 5.41) is 0. The lowest BCUT2D eigenvalue weighted by Crippen LogP contribution is -2.48. The van der Waals surface area contributed by atoms with Gasteiger partial charge in [-0.3, -0.25) is 4.90 Å². The Morgan fingerprint density at radius 3 is 2.38 bits per heavy atom. The van der Waals surface area contributed by atoms with E-state index in [4.69, 9.17) is 4.74 Å². The van der Waals surface area contributed by atoms with Crippen LogP contribution in [0.2, 0.25) is 0 Å². The first-order chi connectivity index (χ1) is 7.38. The Labute approximate surface area is 95.9 Å². The fourth-order valence-electron chi connectivity index (χ4n) is 2.78. The van der Waals surface area contributed by atoms with E-state index in [1.54, 1.807) is 4.90 Å². The first-order valence-electron chi connectivity index (χ1n) is 5.87. The van der Waals surface area contributed by atoms with E-state index in [2.05, 4.69) is 0 Å². The summed E-state index contributed by atoms with van der Waals surface area (Å²) in [7, 11) is 0. The molecule has 0 radical (unpaired) electrons. The zero-order valence-electron chi connectivity index (χ0n) is 10.2. The molecule has 90 valence electrons. The largest absolute Gasteiger partial charge is 0.444 e. The Bertz CT molecular complexity index is 311. The maximum Gasteiger partial charge on any atom is 0.411 e. The normalized spacial score (nSPS) is 32.9. The molecule has 0 aromatic carbocycles. The van der Waals surface area contributed by atoms with Crippen LogP contribution in [-0.2, 0) is 9.53 Å². The fourth-order valence-corrected chi connectivity index (χ4v) is 2.78. The van der Waals surface area contributed by atoms with E-state index in [0.717, 1.165) is 32.0 Å². The first kappa shape index (κ1) is 11.4. The summed E-state index contributed by atoms with van der Waals surface area (Å²) < 4.78 is 5.36. The zero-order valence-corrected chi connectivity index (χ0v) is 10.2. The number of carbonyl (C=O) groups excluding carboxylic acids is 2. The van der Waals surface area contributed by atoms with Crippen molar-refractivity contribution < 1.29 is 14.3 Å². The van der Waals surface area contributed by atoms with Gasteiger partial charge in [0, 0.05) is 6.04 Å². The number of nitrogens with zero attached hydrogens (tertiary/aromatic N) is 1. The molecule has 2 aliphatic rings. The molecule has 2 rings (SSSR count). The van der Waals surface area contributed by atoms with Crippen LogP contribution in [0.15, 0.2) is 0 Å². The van der Waals surface area contributed by atoms with Crippen LogP contribution in [0.1, 0.15) is 46.5 Å². The lowest BCUT2D eigenvalue weighted by molar-refractivity contribution is -0.116. The van der Waals surface area contributed by atoms with Crippen LogP contribution < -0.4 is 0 Å². The summed E-state index contributed by atoms with van der Waals surface area (Å²) in [6.07, 6.45) is 4.04. The van der Waals surface area contributed by atoms with Crippen molar-refractivity contribution in [3.63, 3.8) is 0 Å². The first-order valence-corrected chi connectivity index (χ1v) is 5.87. The lowest BCUT2D eigenvalue weighted by atomic mass is 9.89. The number of rotatable bonds is 1. The van der Waals surface area contributed by atoms with Crippen LogP contribution >= 0.6 is 0 Å². The van der Waals surface area contributed by atoms with E-state index in [-0.39, 0.29) is 12.1 Å². The topological polar surface area (TPSA) is 46.6 Å². The minimum Gasteiger partial charge on any atom is -0.444 e.